The summed E-state index contributed by atoms with van der Waals surface area (Å²) >= 11 is 0. The molecule has 1 amide bonds. The van der Waals surface area contributed by atoms with Crippen LogP contribution >= 0.6 is 0 Å². The molecule has 2 aromatic rings. The third kappa shape index (κ3) is 3.92. The van der Waals surface area contributed by atoms with E-state index < -0.39 is 11.9 Å². The molecular formula is C18H21FN2O. The number of amides is 1. The Kier molecular flexibility index (Phi) is 5.28. The number of aryl methyl sites for hydroxylation is 1. The van der Waals surface area contributed by atoms with Crippen LogP contribution in [-0.2, 0) is 11.2 Å². The molecule has 0 saturated carbocycles. The molecule has 3 nitrogen and oxygen atoms in total. The highest BCUT2D eigenvalue weighted by atomic mass is 19.1. The van der Waals surface area contributed by atoms with Crippen LogP contribution in [0.2, 0.25) is 0 Å². The number of halogens is 1. The van der Waals surface area contributed by atoms with Crippen LogP contribution in [0.15, 0.2) is 48.5 Å². The summed E-state index contributed by atoms with van der Waals surface area (Å²) in [6, 6.07) is 13.6. The van der Waals surface area contributed by atoms with Gasteiger partial charge in [0.25, 0.3) is 0 Å². The number of nitrogens with one attached hydrogen (secondary N) is 1. The van der Waals surface area contributed by atoms with Crippen molar-refractivity contribution in [1.82, 2.24) is 5.32 Å². The highest BCUT2D eigenvalue weighted by Gasteiger charge is 2.19. The molecule has 0 aromatic heterocycles. The molecule has 0 bridgehead atoms. The van der Waals surface area contributed by atoms with Crippen molar-refractivity contribution in [3.8, 4) is 0 Å². The summed E-state index contributed by atoms with van der Waals surface area (Å²) in [7, 11) is 0. The molecule has 3 N–H and O–H groups in total. The van der Waals surface area contributed by atoms with Crippen LogP contribution in [-0.4, -0.2) is 11.9 Å². The normalized spacial score (nSPS) is 13.6. The van der Waals surface area contributed by atoms with Gasteiger partial charge in [-0.3, -0.25) is 10.1 Å². The molecule has 0 unspecified atom stereocenters. The topological polar surface area (TPSA) is 55.1 Å². The molecule has 0 saturated heterocycles. The third-order valence-electron chi connectivity index (χ3n) is 3.75. The second kappa shape index (κ2) is 7.18. The Hall–Kier alpha value is -2.20. The molecule has 0 aliphatic heterocycles. The van der Waals surface area contributed by atoms with Crippen molar-refractivity contribution >= 4 is 5.91 Å². The Morgan fingerprint density at radius 2 is 1.86 bits per heavy atom. The molecule has 2 aromatic carbocycles. The van der Waals surface area contributed by atoms with Crippen molar-refractivity contribution < 1.29 is 9.18 Å². The molecule has 2 atom stereocenters. The third-order valence-corrected chi connectivity index (χ3v) is 3.75. The SMILES string of the molecule is CCc1ccc([C@H](N[C@H](C)C(N)=O)c2cccc(F)c2)cc1. The summed E-state index contributed by atoms with van der Waals surface area (Å²) in [6.45, 7) is 3.79. The molecule has 0 aliphatic carbocycles. The number of hydrogen-bond acceptors (Lipinski definition) is 2. The number of primary amides is 1. The number of nitrogens with two attached hydrogens (primary N) is 1. The summed E-state index contributed by atoms with van der Waals surface area (Å²) in [5.41, 5.74) is 8.30. The Morgan fingerprint density at radius 1 is 1.18 bits per heavy atom. The predicted molar refractivity (Wildman–Crippen MR) is 85.9 cm³/mol. The summed E-state index contributed by atoms with van der Waals surface area (Å²) in [5, 5.41) is 3.17. The van der Waals surface area contributed by atoms with Gasteiger partial charge >= 0.3 is 0 Å². The average molecular weight is 300 g/mol. The summed E-state index contributed by atoms with van der Waals surface area (Å²) < 4.78 is 13.5. The predicted octanol–water partition coefficient (Wildman–Crippen LogP) is 2.94. The molecule has 0 radical (unpaired) electrons. The van der Waals surface area contributed by atoms with E-state index >= 15 is 0 Å². The molecular weight excluding hydrogens is 279 g/mol. The van der Waals surface area contributed by atoms with Crippen LogP contribution in [0.25, 0.3) is 0 Å². The van der Waals surface area contributed by atoms with Crippen molar-refractivity contribution in [2.24, 2.45) is 5.73 Å². The van der Waals surface area contributed by atoms with Gasteiger partial charge in [-0.25, -0.2) is 4.39 Å². The van der Waals surface area contributed by atoms with Crippen LogP contribution in [0.4, 0.5) is 4.39 Å². The van der Waals surface area contributed by atoms with Crippen molar-refractivity contribution in [2.45, 2.75) is 32.4 Å². The fraction of sp³-hybridized carbons (Fsp3) is 0.278. The van der Waals surface area contributed by atoms with Crippen LogP contribution in [0.1, 0.15) is 36.6 Å². The lowest BCUT2D eigenvalue weighted by Crippen LogP contribution is -2.41. The van der Waals surface area contributed by atoms with Crippen LogP contribution in [0.5, 0.6) is 0 Å². The molecule has 2 rings (SSSR count). The fourth-order valence-corrected chi connectivity index (χ4v) is 2.35. The van der Waals surface area contributed by atoms with E-state index in [-0.39, 0.29) is 11.9 Å². The Morgan fingerprint density at radius 3 is 2.41 bits per heavy atom. The van der Waals surface area contributed by atoms with Crippen LogP contribution < -0.4 is 11.1 Å². The molecule has 0 spiro atoms. The maximum Gasteiger partial charge on any atom is 0.234 e. The van der Waals surface area contributed by atoms with Crippen molar-refractivity contribution in [3.05, 3.63) is 71.0 Å². The number of carbonyl (C=O) groups is 1. The van der Waals surface area contributed by atoms with Gasteiger partial charge in [0.2, 0.25) is 5.91 Å². The lowest BCUT2D eigenvalue weighted by Gasteiger charge is -2.23. The van der Waals surface area contributed by atoms with Gasteiger partial charge in [0.05, 0.1) is 12.1 Å². The lowest BCUT2D eigenvalue weighted by atomic mass is 9.96. The first kappa shape index (κ1) is 16.2. The number of carbonyl (C=O) groups excluding carboxylic acids is 1. The monoisotopic (exact) mass is 300 g/mol. The first-order chi connectivity index (χ1) is 10.5. The summed E-state index contributed by atoms with van der Waals surface area (Å²) in [6.07, 6.45) is 0.954. The first-order valence-corrected chi connectivity index (χ1v) is 7.41. The van der Waals surface area contributed by atoms with E-state index in [1.165, 1.54) is 17.7 Å². The lowest BCUT2D eigenvalue weighted by molar-refractivity contribution is -0.119. The largest absolute Gasteiger partial charge is 0.368 e. The smallest absolute Gasteiger partial charge is 0.234 e. The molecule has 0 fully saturated rings. The van der Waals surface area contributed by atoms with E-state index in [1.807, 2.05) is 30.3 Å². The zero-order valence-electron chi connectivity index (χ0n) is 12.8. The van der Waals surface area contributed by atoms with Crippen molar-refractivity contribution in [2.75, 3.05) is 0 Å². The standard InChI is InChI=1S/C18H21FN2O/c1-3-13-7-9-14(10-8-13)17(21-12(2)18(20)22)15-5-4-6-16(19)11-15/h4-12,17,21H,3H2,1-2H3,(H2,20,22)/t12-,17+/m1/s1. The van der Waals surface area contributed by atoms with Crippen LogP contribution in [0.3, 0.4) is 0 Å². The quantitative estimate of drug-likeness (QED) is 0.862. The minimum absolute atomic E-state index is 0.288. The van der Waals surface area contributed by atoms with Gasteiger partial charge in [-0.2, -0.15) is 0 Å². The Balaban J connectivity index is 2.37. The average Bonchev–Trinajstić information content (AvgIpc) is 2.52. The minimum Gasteiger partial charge on any atom is -0.368 e. The van der Waals surface area contributed by atoms with Gasteiger partial charge in [-0.05, 0) is 42.2 Å². The van der Waals surface area contributed by atoms with E-state index in [0.29, 0.717) is 0 Å². The second-order valence-electron chi connectivity index (χ2n) is 5.37. The van der Waals surface area contributed by atoms with Crippen LogP contribution in [0, 0.1) is 5.82 Å². The fourth-order valence-electron chi connectivity index (χ4n) is 2.35. The van der Waals surface area contributed by atoms with Gasteiger partial charge in [0.15, 0.2) is 0 Å². The molecule has 22 heavy (non-hydrogen) atoms. The van der Waals surface area contributed by atoms with Gasteiger partial charge in [-0.1, -0.05) is 43.3 Å². The van der Waals surface area contributed by atoms with Gasteiger partial charge < -0.3 is 5.73 Å². The Bertz CT molecular complexity index is 640. The van der Waals surface area contributed by atoms with Crippen molar-refractivity contribution in [3.63, 3.8) is 0 Å². The summed E-state index contributed by atoms with van der Waals surface area (Å²) in [4.78, 5) is 11.4. The van der Waals surface area contributed by atoms with Gasteiger partial charge in [0.1, 0.15) is 5.82 Å². The van der Waals surface area contributed by atoms with E-state index in [1.54, 1.807) is 13.0 Å². The maximum atomic E-state index is 13.5. The van der Waals surface area contributed by atoms with Gasteiger partial charge in [0, 0.05) is 0 Å². The molecule has 0 heterocycles. The van der Waals surface area contributed by atoms with Crippen molar-refractivity contribution in [1.29, 1.82) is 0 Å². The Labute approximate surface area is 130 Å². The molecule has 4 heteroatoms. The molecule has 0 aliphatic rings. The summed E-state index contributed by atoms with van der Waals surface area (Å²) in [5.74, 6) is -0.743. The minimum atomic E-state index is -0.515. The second-order valence-corrected chi connectivity index (χ2v) is 5.37. The highest BCUT2D eigenvalue weighted by Crippen LogP contribution is 2.24. The van der Waals surface area contributed by atoms with E-state index in [4.69, 9.17) is 5.73 Å². The van der Waals surface area contributed by atoms with E-state index in [0.717, 1.165) is 17.5 Å². The van der Waals surface area contributed by atoms with Gasteiger partial charge in [-0.15, -0.1) is 0 Å². The number of rotatable bonds is 6. The zero-order valence-corrected chi connectivity index (χ0v) is 12.8. The first-order valence-electron chi connectivity index (χ1n) is 7.41. The number of benzene rings is 2. The van der Waals surface area contributed by atoms with E-state index in [2.05, 4.69) is 12.2 Å². The highest BCUT2D eigenvalue weighted by molar-refractivity contribution is 5.79. The van der Waals surface area contributed by atoms with E-state index in [9.17, 15) is 9.18 Å². The molecule has 116 valence electrons. The number of hydrogen-bond donors (Lipinski definition) is 2. The maximum absolute atomic E-state index is 13.5. The zero-order chi connectivity index (χ0) is 16.1.